The molecule has 0 aliphatic carbocycles. The monoisotopic (exact) mass is 218 g/mol. The lowest BCUT2D eigenvalue weighted by atomic mass is 9.85. The lowest BCUT2D eigenvalue weighted by Crippen LogP contribution is -2.55. The van der Waals surface area contributed by atoms with Gasteiger partial charge in [-0.15, -0.1) is 0 Å². The highest BCUT2D eigenvalue weighted by Gasteiger charge is 2.39. The molecule has 0 saturated carbocycles. The molecule has 0 bridgehead atoms. The van der Waals surface area contributed by atoms with E-state index in [-0.39, 0.29) is 5.41 Å². The van der Waals surface area contributed by atoms with Gasteiger partial charge in [0.1, 0.15) is 0 Å². The largest absolute Gasteiger partial charge is 0.380 e. The van der Waals surface area contributed by atoms with E-state index in [9.17, 15) is 0 Å². The normalized spacial score (nSPS) is 21.7. The molecule has 0 spiro atoms. The maximum atomic E-state index is 5.86. The fraction of sp³-hybridized carbons (Fsp3) is 0.538. The van der Waals surface area contributed by atoms with Gasteiger partial charge in [0.15, 0.2) is 0 Å². The van der Waals surface area contributed by atoms with Crippen LogP contribution in [0, 0.1) is 5.41 Å². The highest BCUT2D eigenvalue weighted by atomic mass is 16.5. The molecule has 1 fully saturated rings. The van der Waals surface area contributed by atoms with Gasteiger partial charge in [-0.05, 0) is 18.1 Å². The van der Waals surface area contributed by atoms with Gasteiger partial charge >= 0.3 is 0 Å². The Hall–Kier alpha value is -1.06. The van der Waals surface area contributed by atoms with Gasteiger partial charge in [0.05, 0.1) is 13.2 Å². The molecule has 16 heavy (non-hydrogen) atoms. The van der Waals surface area contributed by atoms with Crippen LogP contribution in [0.5, 0.6) is 0 Å². The van der Waals surface area contributed by atoms with Crippen LogP contribution in [-0.4, -0.2) is 32.8 Å². The van der Waals surface area contributed by atoms with E-state index in [1.807, 2.05) is 0 Å². The molecule has 3 nitrogen and oxygen atoms in total. The number of hydrogen-bond donors (Lipinski definition) is 1. The number of benzene rings is 1. The van der Waals surface area contributed by atoms with Gasteiger partial charge in [-0.1, -0.05) is 18.2 Å². The number of nitrogens with two attached hydrogens (primary N) is 1. The molecule has 3 rings (SSSR count). The highest BCUT2D eigenvalue weighted by Crippen LogP contribution is 2.33. The lowest BCUT2D eigenvalue weighted by Gasteiger charge is -2.43. The van der Waals surface area contributed by atoms with E-state index in [1.54, 1.807) is 0 Å². The molecule has 1 aromatic carbocycles. The fourth-order valence-corrected chi connectivity index (χ4v) is 2.64. The molecule has 2 N–H and O–H groups in total. The zero-order valence-electron chi connectivity index (χ0n) is 9.48. The minimum atomic E-state index is 0.206. The van der Waals surface area contributed by atoms with Crippen molar-refractivity contribution in [2.75, 3.05) is 37.7 Å². The van der Waals surface area contributed by atoms with Gasteiger partial charge in [-0.25, -0.2) is 0 Å². The second-order valence-electron chi connectivity index (χ2n) is 5.00. The number of nitrogens with zero attached hydrogens (tertiary/aromatic N) is 1. The first-order chi connectivity index (χ1) is 7.83. The predicted molar refractivity (Wildman–Crippen MR) is 64.7 cm³/mol. The van der Waals surface area contributed by atoms with E-state index in [0.717, 1.165) is 39.3 Å². The van der Waals surface area contributed by atoms with Crippen molar-refractivity contribution in [2.24, 2.45) is 11.1 Å². The Balaban J connectivity index is 1.78. The number of ether oxygens (including phenoxy) is 1. The first-order valence-corrected chi connectivity index (χ1v) is 5.94. The summed E-state index contributed by atoms with van der Waals surface area (Å²) in [5, 5.41) is 0. The van der Waals surface area contributed by atoms with Gasteiger partial charge in [-0.2, -0.15) is 0 Å². The van der Waals surface area contributed by atoms with Gasteiger partial charge in [0.25, 0.3) is 0 Å². The zero-order chi connectivity index (χ0) is 11.0. The first kappa shape index (κ1) is 10.1. The van der Waals surface area contributed by atoms with Crippen LogP contribution in [0.4, 0.5) is 5.69 Å². The second kappa shape index (κ2) is 3.75. The zero-order valence-corrected chi connectivity index (χ0v) is 9.48. The van der Waals surface area contributed by atoms with Crippen LogP contribution in [0.2, 0.25) is 0 Å². The van der Waals surface area contributed by atoms with E-state index in [4.69, 9.17) is 10.5 Å². The Bertz CT molecular complexity index is 382. The molecule has 0 amide bonds. The maximum absolute atomic E-state index is 5.86. The fourth-order valence-electron chi connectivity index (χ4n) is 2.64. The smallest absolute Gasteiger partial charge is 0.0574 e. The number of fused-ring (bicyclic) bond motifs is 1. The van der Waals surface area contributed by atoms with Crippen molar-refractivity contribution < 1.29 is 4.74 Å². The topological polar surface area (TPSA) is 38.5 Å². The summed E-state index contributed by atoms with van der Waals surface area (Å²) in [6, 6.07) is 8.67. The molecule has 1 saturated heterocycles. The summed E-state index contributed by atoms with van der Waals surface area (Å²) < 4.78 is 5.32. The molecule has 2 aliphatic heterocycles. The summed E-state index contributed by atoms with van der Waals surface area (Å²) in [5.41, 5.74) is 8.92. The van der Waals surface area contributed by atoms with Crippen LogP contribution in [0.1, 0.15) is 5.56 Å². The van der Waals surface area contributed by atoms with Gasteiger partial charge in [-0.3, -0.25) is 0 Å². The molecule has 86 valence electrons. The molecule has 3 heteroatoms. The van der Waals surface area contributed by atoms with Crippen molar-refractivity contribution in [3.8, 4) is 0 Å². The first-order valence-electron chi connectivity index (χ1n) is 5.94. The van der Waals surface area contributed by atoms with Crippen molar-refractivity contribution in [3.05, 3.63) is 29.8 Å². The van der Waals surface area contributed by atoms with Crippen molar-refractivity contribution in [2.45, 2.75) is 6.42 Å². The van der Waals surface area contributed by atoms with Crippen LogP contribution in [-0.2, 0) is 11.2 Å². The highest BCUT2D eigenvalue weighted by molar-refractivity contribution is 5.58. The Morgan fingerprint density at radius 3 is 2.81 bits per heavy atom. The Morgan fingerprint density at radius 2 is 2.12 bits per heavy atom. The third kappa shape index (κ3) is 1.51. The van der Waals surface area contributed by atoms with Crippen LogP contribution >= 0.6 is 0 Å². The molecular weight excluding hydrogens is 200 g/mol. The minimum Gasteiger partial charge on any atom is -0.380 e. The third-order valence-electron chi connectivity index (χ3n) is 3.76. The summed E-state index contributed by atoms with van der Waals surface area (Å²) >= 11 is 0. The summed E-state index contributed by atoms with van der Waals surface area (Å²) in [6.07, 6.45) is 1.16. The lowest BCUT2D eigenvalue weighted by molar-refractivity contribution is -0.101. The van der Waals surface area contributed by atoms with E-state index in [2.05, 4.69) is 29.2 Å². The van der Waals surface area contributed by atoms with E-state index in [0.29, 0.717) is 0 Å². The van der Waals surface area contributed by atoms with Crippen molar-refractivity contribution >= 4 is 5.69 Å². The molecule has 2 aliphatic rings. The summed E-state index contributed by atoms with van der Waals surface area (Å²) in [5.74, 6) is 0. The molecule has 0 atom stereocenters. The third-order valence-corrected chi connectivity index (χ3v) is 3.76. The number of hydrogen-bond acceptors (Lipinski definition) is 3. The summed E-state index contributed by atoms with van der Waals surface area (Å²) in [7, 11) is 0. The van der Waals surface area contributed by atoms with Gasteiger partial charge in [0.2, 0.25) is 0 Å². The number of rotatable bonds is 3. The Morgan fingerprint density at radius 1 is 1.31 bits per heavy atom. The maximum Gasteiger partial charge on any atom is 0.0574 e. The minimum absolute atomic E-state index is 0.206. The van der Waals surface area contributed by atoms with E-state index < -0.39 is 0 Å². The standard InChI is InChI=1S/C13H18N2O/c14-7-13(9-16-10-13)8-15-6-5-11-3-1-2-4-12(11)15/h1-4H,5-10,14H2. The molecular formula is C13H18N2O. The average Bonchev–Trinajstić information content (AvgIpc) is 2.67. The Kier molecular flexibility index (Phi) is 2.37. The van der Waals surface area contributed by atoms with Crippen LogP contribution < -0.4 is 10.6 Å². The summed E-state index contributed by atoms with van der Waals surface area (Å²) in [6.45, 7) is 4.54. The van der Waals surface area contributed by atoms with E-state index in [1.165, 1.54) is 11.3 Å². The van der Waals surface area contributed by atoms with Gasteiger partial charge in [0, 0.05) is 30.7 Å². The molecule has 0 unspecified atom stereocenters. The molecule has 1 aromatic rings. The number of anilines is 1. The quantitative estimate of drug-likeness (QED) is 0.823. The van der Waals surface area contributed by atoms with Crippen molar-refractivity contribution in [1.82, 2.24) is 0 Å². The van der Waals surface area contributed by atoms with Gasteiger partial charge < -0.3 is 15.4 Å². The predicted octanol–water partition coefficient (Wildman–Crippen LogP) is 1.02. The molecule has 0 aromatic heterocycles. The molecule has 0 radical (unpaired) electrons. The molecule has 2 heterocycles. The second-order valence-corrected chi connectivity index (χ2v) is 5.00. The number of para-hydroxylation sites is 1. The average molecular weight is 218 g/mol. The van der Waals surface area contributed by atoms with E-state index >= 15 is 0 Å². The van der Waals surface area contributed by atoms with Crippen LogP contribution in [0.3, 0.4) is 0 Å². The SMILES string of the molecule is NCC1(CN2CCc3ccccc32)COC1. The van der Waals surface area contributed by atoms with Crippen LogP contribution in [0.25, 0.3) is 0 Å². The van der Waals surface area contributed by atoms with Crippen molar-refractivity contribution in [3.63, 3.8) is 0 Å². The summed E-state index contributed by atoms with van der Waals surface area (Å²) in [4.78, 5) is 2.46. The van der Waals surface area contributed by atoms with Crippen LogP contribution in [0.15, 0.2) is 24.3 Å². The van der Waals surface area contributed by atoms with Crippen molar-refractivity contribution in [1.29, 1.82) is 0 Å². The Labute approximate surface area is 96.2 Å².